The summed E-state index contributed by atoms with van der Waals surface area (Å²) in [5.74, 6) is -0.280. The Morgan fingerprint density at radius 2 is 2.00 bits per heavy atom. The van der Waals surface area contributed by atoms with E-state index in [-0.39, 0.29) is 24.3 Å². The van der Waals surface area contributed by atoms with E-state index in [4.69, 9.17) is 28.9 Å². The van der Waals surface area contributed by atoms with E-state index in [0.29, 0.717) is 22.4 Å². The van der Waals surface area contributed by atoms with Gasteiger partial charge in [0.25, 0.3) is 0 Å². The molecule has 0 aliphatic carbocycles. The molecular formula is C17H21Cl2N5O2. The molecule has 9 heteroatoms. The van der Waals surface area contributed by atoms with E-state index in [1.165, 1.54) is 0 Å². The van der Waals surface area contributed by atoms with Crippen molar-refractivity contribution in [3.05, 3.63) is 46.1 Å². The number of nitrogens with two attached hydrogens (primary N) is 1. The maximum atomic E-state index is 12.1. The third kappa shape index (κ3) is 5.20. The molecular weight excluding hydrogens is 377 g/mol. The van der Waals surface area contributed by atoms with E-state index in [2.05, 4.69) is 15.7 Å². The van der Waals surface area contributed by atoms with Crippen molar-refractivity contribution in [3.63, 3.8) is 0 Å². The van der Waals surface area contributed by atoms with Crippen LogP contribution in [0.3, 0.4) is 0 Å². The number of carbonyl (C=O) groups excluding carboxylic acids is 2. The molecule has 0 aliphatic rings. The number of aromatic nitrogens is 2. The molecule has 1 aromatic carbocycles. The van der Waals surface area contributed by atoms with Crippen LogP contribution >= 0.6 is 23.2 Å². The Kier molecular flexibility index (Phi) is 7.02. The molecule has 0 saturated heterocycles. The van der Waals surface area contributed by atoms with E-state index in [0.717, 1.165) is 5.56 Å². The van der Waals surface area contributed by atoms with Crippen LogP contribution in [0.25, 0.3) is 0 Å². The molecule has 1 aromatic heterocycles. The van der Waals surface area contributed by atoms with E-state index < -0.39 is 6.04 Å². The molecule has 4 N–H and O–H groups in total. The Morgan fingerprint density at radius 1 is 1.27 bits per heavy atom. The first kappa shape index (κ1) is 20.2. The van der Waals surface area contributed by atoms with Crippen molar-refractivity contribution in [2.75, 3.05) is 11.9 Å². The zero-order valence-electron chi connectivity index (χ0n) is 14.5. The highest BCUT2D eigenvalue weighted by atomic mass is 35.5. The summed E-state index contributed by atoms with van der Waals surface area (Å²) in [7, 11) is 0. The largest absolute Gasteiger partial charge is 0.346 e. The van der Waals surface area contributed by atoms with Crippen LogP contribution in [0.15, 0.2) is 30.5 Å². The summed E-state index contributed by atoms with van der Waals surface area (Å²) in [6.07, 6.45) is 1.56. The van der Waals surface area contributed by atoms with Crippen molar-refractivity contribution >= 4 is 40.8 Å². The first-order valence-corrected chi connectivity index (χ1v) is 8.83. The van der Waals surface area contributed by atoms with Crippen LogP contribution in [0.2, 0.25) is 10.0 Å². The van der Waals surface area contributed by atoms with Crippen molar-refractivity contribution in [2.24, 2.45) is 11.7 Å². The van der Waals surface area contributed by atoms with Gasteiger partial charge in [0.15, 0.2) is 0 Å². The number of nitrogens with zero attached hydrogens (tertiary/aromatic N) is 2. The predicted molar refractivity (Wildman–Crippen MR) is 102 cm³/mol. The maximum absolute atomic E-state index is 12.1. The van der Waals surface area contributed by atoms with Gasteiger partial charge in [-0.3, -0.25) is 9.59 Å². The number of carbonyl (C=O) groups is 2. The highest BCUT2D eigenvalue weighted by Crippen LogP contribution is 2.26. The van der Waals surface area contributed by atoms with Crippen molar-refractivity contribution in [3.8, 4) is 0 Å². The smallest absolute Gasteiger partial charge is 0.244 e. The van der Waals surface area contributed by atoms with Crippen LogP contribution < -0.4 is 16.4 Å². The highest BCUT2D eigenvalue weighted by molar-refractivity contribution is 6.42. The number of hydrogen-bond donors (Lipinski definition) is 3. The summed E-state index contributed by atoms with van der Waals surface area (Å²) < 4.78 is 1.58. The molecule has 2 rings (SSSR count). The molecule has 7 nitrogen and oxygen atoms in total. The maximum Gasteiger partial charge on any atom is 0.244 e. The van der Waals surface area contributed by atoms with Crippen LogP contribution in [0.4, 0.5) is 5.82 Å². The number of anilines is 1. The van der Waals surface area contributed by atoms with Crippen molar-refractivity contribution in [1.82, 2.24) is 15.1 Å². The summed E-state index contributed by atoms with van der Waals surface area (Å²) in [4.78, 5) is 23.9. The van der Waals surface area contributed by atoms with Crippen molar-refractivity contribution < 1.29 is 9.59 Å². The van der Waals surface area contributed by atoms with E-state index in [1.807, 2.05) is 19.9 Å². The minimum Gasteiger partial charge on any atom is -0.346 e. The molecule has 26 heavy (non-hydrogen) atoms. The normalized spacial score (nSPS) is 12.1. The average molecular weight is 398 g/mol. The van der Waals surface area contributed by atoms with Gasteiger partial charge in [0.2, 0.25) is 11.8 Å². The summed E-state index contributed by atoms with van der Waals surface area (Å²) in [6, 6.07) is 6.31. The molecule has 0 spiro atoms. The monoisotopic (exact) mass is 397 g/mol. The number of nitrogens with one attached hydrogen (secondary N) is 2. The van der Waals surface area contributed by atoms with Gasteiger partial charge in [0, 0.05) is 6.07 Å². The Morgan fingerprint density at radius 3 is 2.69 bits per heavy atom. The van der Waals surface area contributed by atoms with E-state index >= 15 is 0 Å². The highest BCUT2D eigenvalue weighted by Gasteiger charge is 2.18. The number of halogens is 2. The summed E-state index contributed by atoms with van der Waals surface area (Å²) in [5, 5.41) is 10.3. The molecule has 0 fully saturated rings. The van der Waals surface area contributed by atoms with Crippen LogP contribution in [-0.4, -0.2) is 34.2 Å². The molecule has 0 bridgehead atoms. The SMILES string of the molecule is CC(C)[C@H](N)C(=O)NCC(=O)Nc1ccnn1Cc1cccc(Cl)c1Cl. The molecule has 0 radical (unpaired) electrons. The van der Waals surface area contributed by atoms with Gasteiger partial charge >= 0.3 is 0 Å². The standard InChI is InChI=1S/C17H21Cl2N5O2/c1-10(2)16(20)17(26)21-8-14(25)23-13-6-7-22-24(13)9-11-4-3-5-12(18)15(11)19/h3-7,10,16H,8-9,20H2,1-2H3,(H,21,26)(H,23,25)/t16-/m0/s1. The van der Waals surface area contributed by atoms with Gasteiger partial charge in [-0.1, -0.05) is 49.2 Å². The van der Waals surface area contributed by atoms with Gasteiger partial charge in [0.1, 0.15) is 5.82 Å². The van der Waals surface area contributed by atoms with Crippen LogP contribution in [0, 0.1) is 5.92 Å². The second kappa shape index (κ2) is 9.02. The fourth-order valence-corrected chi connectivity index (χ4v) is 2.55. The lowest BCUT2D eigenvalue weighted by Gasteiger charge is -2.15. The molecule has 140 valence electrons. The molecule has 2 aromatic rings. The molecule has 1 heterocycles. The lowest BCUT2D eigenvalue weighted by molar-refractivity contribution is -0.125. The Balaban J connectivity index is 1.97. The second-order valence-corrected chi connectivity index (χ2v) is 6.91. The van der Waals surface area contributed by atoms with Crippen LogP contribution in [-0.2, 0) is 16.1 Å². The van der Waals surface area contributed by atoms with Gasteiger partial charge < -0.3 is 16.4 Å². The van der Waals surface area contributed by atoms with E-state index in [9.17, 15) is 9.59 Å². The predicted octanol–water partition coefficient (Wildman–Crippen LogP) is 2.28. The number of amides is 2. The lowest BCUT2D eigenvalue weighted by Crippen LogP contribution is -2.46. The first-order valence-electron chi connectivity index (χ1n) is 8.07. The van der Waals surface area contributed by atoms with Gasteiger partial charge in [-0.25, -0.2) is 4.68 Å². The van der Waals surface area contributed by atoms with Crippen molar-refractivity contribution in [2.45, 2.75) is 26.4 Å². The van der Waals surface area contributed by atoms with Crippen LogP contribution in [0.5, 0.6) is 0 Å². The molecule has 0 aliphatic heterocycles. The number of rotatable bonds is 7. The first-order chi connectivity index (χ1) is 12.3. The molecule has 1 atom stereocenters. The second-order valence-electron chi connectivity index (χ2n) is 6.12. The van der Waals surface area contributed by atoms with Gasteiger partial charge in [-0.15, -0.1) is 0 Å². The fourth-order valence-electron chi connectivity index (χ4n) is 2.17. The summed E-state index contributed by atoms with van der Waals surface area (Å²) in [6.45, 7) is 3.84. The van der Waals surface area contributed by atoms with E-state index in [1.54, 1.807) is 29.1 Å². The molecule has 2 amide bonds. The fraction of sp³-hybridized carbons (Fsp3) is 0.353. The quantitative estimate of drug-likeness (QED) is 0.666. The lowest BCUT2D eigenvalue weighted by atomic mass is 10.1. The molecule has 0 unspecified atom stereocenters. The summed E-state index contributed by atoms with van der Waals surface area (Å²) in [5.41, 5.74) is 6.51. The zero-order valence-corrected chi connectivity index (χ0v) is 16.0. The average Bonchev–Trinajstić information content (AvgIpc) is 3.02. The Bertz CT molecular complexity index is 791. The van der Waals surface area contributed by atoms with Crippen molar-refractivity contribution in [1.29, 1.82) is 0 Å². The zero-order chi connectivity index (χ0) is 19.3. The van der Waals surface area contributed by atoms with Gasteiger partial charge in [-0.05, 0) is 17.5 Å². The topological polar surface area (TPSA) is 102 Å². The minimum atomic E-state index is -0.654. The van der Waals surface area contributed by atoms with Crippen LogP contribution in [0.1, 0.15) is 19.4 Å². The minimum absolute atomic E-state index is 0.0121. The third-order valence-electron chi connectivity index (χ3n) is 3.78. The Labute approximate surface area is 161 Å². The van der Waals surface area contributed by atoms with Gasteiger partial charge in [-0.2, -0.15) is 5.10 Å². The van der Waals surface area contributed by atoms with Gasteiger partial charge in [0.05, 0.1) is 35.4 Å². The third-order valence-corrected chi connectivity index (χ3v) is 4.64. The summed E-state index contributed by atoms with van der Waals surface area (Å²) >= 11 is 12.2. The molecule has 0 saturated carbocycles. The number of benzene rings is 1. The number of hydrogen-bond acceptors (Lipinski definition) is 4. The Hall–Kier alpha value is -2.09.